The zero-order valence-electron chi connectivity index (χ0n) is 72.2. The van der Waals surface area contributed by atoms with Crippen molar-refractivity contribution < 1.29 is 36.5 Å². The van der Waals surface area contributed by atoms with Gasteiger partial charge in [0.05, 0.1) is 57.3 Å². The van der Waals surface area contributed by atoms with Crippen molar-refractivity contribution in [1.29, 1.82) is 10.5 Å². The van der Waals surface area contributed by atoms with Gasteiger partial charge in [0.15, 0.2) is 51.5 Å². The lowest BCUT2D eigenvalue weighted by Gasteiger charge is -2.27. The molecule has 0 amide bonds. The third-order valence-electron chi connectivity index (χ3n) is 21.3. The average molecular weight is 1800 g/mol. The van der Waals surface area contributed by atoms with E-state index in [0.29, 0.717) is 75.3 Å². The molecule has 36 heteroatoms. The number of H-pyrrole nitrogens is 1. The summed E-state index contributed by atoms with van der Waals surface area (Å²) in [4.78, 5) is 7.00. The second-order valence-electron chi connectivity index (χ2n) is 31.5. The van der Waals surface area contributed by atoms with E-state index in [0.717, 1.165) is 126 Å². The summed E-state index contributed by atoms with van der Waals surface area (Å²) in [5.74, 6) is 3.05. The second kappa shape index (κ2) is 38.3. The number of piperidine rings is 1. The van der Waals surface area contributed by atoms with E-state index >= 15 is 0 Å². The molecule has 31 nitrogen and oxygen atoms in total. The summed E-state index contributed by atoms with van der Waals surface area (Å²) in [6, 6.07) is 96.1. The summed E-state index contributed by atoms with van der Waals surface area (Å²) < 4.78 is 83.9. The van der Waals surface area contributed by atoms with Gasteiger partial charge in [0, 0.05) is 76.3 Å². The number of aromatic amines is 1. The van der Waals surface area contributed by atoms with Crippen LogP contribution in [0.2, 0.25) is 0 Å². The van der Waals surface area contributed by atoms with Crippen molar-refractivity contribution in [3.05, 3.63) is 343 Å². The zero-order chi connectivity index (χ0) is 93.2. The summed E-state index contributed by atoms with van der Waals surface area (Å²) >= 11 is 0. The molecule has 0 bridgehead atoms. The molecule has 664 valence electrons. The number of nitriles is 2. The van der Waals surface area contributed by atoms with Crippen LogP contribution in [0.4, 0.5) is 27.8 Å². The lowest BCUT2D eigenvalue weighted by Crippen LogP contribution is -2.29. The highest BCUT2D eigenvalue weighted by Gasteiger charge is 2.33. The number of aliphatic hydroxyl groups is 1. The van der Waals surface area contributed by atoms with Crippen LogP contribution in [0, 0.1) is 29.6 Å². The number of tetrazole rings is 1. The van der Waals surface area contributed by atoms with Crippen LogP contribution in [0.25, 0.3) is 130 Å². The molecule has 2 N–H and O–H groups in total. The van der Waals surface area contributed by atoms with Crippen LogP contribution in [0.15, 0.2) is 310 Å². The molecule has 0 unspecified atom stereocenters. The van der Waals surface area contributed by atoms with Gasteiger partial charge in [-0.1, -0.05) is 127 Å². The third-order valence-corrected chi connectivity index (χ3v) is 21.3. The van der Waals surface area contributed by atoms with Gasteiger partial charge < -0.3 is 19.5 Å². The number of ether oxygens (including phenoxy) is 2. The molecule has 135 heavy (non-hydrogen) atoms. The Labute approximate surface area is 764 Å². The number of nitrogens with one attached hydrogen (secondary N) is 1. The molecule has 13 heterocycles. The lowest BCUT2D eigenvalue weighted by molar-refractivity contribution is -0.137. The molecule has 22 rings (SSSR count). The number of benzene rings is 9. The van der Waals surface area contributed by atoms with Gasteiger partial charge in [-0.05, 0) is 227 Å². The Morgan fingerprint density at radius 1 is 0.356 bits per heavy atom. The summed E-state index contributed by atoms with van der Waals surface area (Å²) in [7, 11) is 0. The number of alkyl halides is 5. The van der Waals surface area contributed by atoms with Crippen molar-refractivity contribution in [2.24, 2.45) is 0 Å². The molecule has 0 aliphatic carbocycles. The Bertz CT molecular complexity index is 7810. The van der Waals surface area contributed by atoms with Gasteiger partial charge in [-0.2, -0.15) is 85.8 Å². The Hall–Kier alpha value is -18.1. The third kappa shape index (κ3) is 20.2. The first kappa shape index (κ1) is 87.6. The Kier molecular flexibility index (Phi) is 24.9. The van der Waals surface area contributed by atoms with E-state index in [9.17, 15) is 27.1 Å². The molecule has 0 radical (unpaired) electrons. The smallest absolute Gasteiger partial charge is 0.416 e. The van der Waals surface area contributed by atoms with Gasteiger partial charge in [0.2, 0.25) is 11.6 Å². The van der Waals surface area contributed by atoms with E-state index in [1.54, 1.807) is 56.2 Å². The fraction of sp³-hybridized carbons (Fsp3) is 0.121. The maximum absolute atomic E-state index is 13.4. The SMILES string of the molecule is CC(C)(O)c1nnc2ccc(-c3ccc(Oc4ccccc4)cc3)nn12.CC(F)(F)c1nnc2ccc(-c3ccc(C(F)(F)F)cc3)nn12.Cc1ccc(-c2ccc3nnc(-c4cccc(C#N)c4)n3n2)cc1.N#Cc1cccc(-c2nnc3ccc(-c4ccc(N5CCCCC5)nc4)nn23)c1.c1ccc(Oc2ccc(-c3ccc4nnc(-c5ccc(-c6nn[nH]n6)cc5)n4n3)cc2)cc1. The largest absolute Gasteiger partial charge is 0.457 e. The van der Waals surface area contributed by atoms with Crippen molar-refractivity contribution in [2.45, 2.75) is 64.7 Å². The molecule has 0 spiro atoms. The highest BCUT2D eigenvalue weighted by Crippen LogP contribution is 2.35. The monoisotopic (exact) mass is 1800 g/mol. The molecule has 9 aromatic carbocycles. The minimum absolute atomic E-state index is 0.122. The molecule has 1 saturated heterocycles. The van der Waals surface area contributed by atoms with Gasteiger partial charge in [0.1, 0.15) is 34.4 Å². The normalized spacial score (nSPS) is 12.0. The van der Waals surface area contributed by atoms with Crippen LogP contribution >= 0.6 is 0 Å². The van der Waals surface area contributed by atoms with Gasteiger partial charge in [-0.3, -0.25) is 0 Å². The first-order valence-electron chi connectivity index (χ1n) is 42.3. The standard InChI is InChI=1S/C24H16N8O.C22H19N7.C20H18N4O2.C19H13N5.C14H9F5N4/c1-2-4-19(5-3-1)33-20-12-10-16(11-13-20)21-14-15-22-25-28-24(32(22)29-21)18-8-6-17(7-9-18)23-26-30-31-27-23;23-14-16-5-4-6-17(13-16)22-26-25-21-10-8-19(27-29(21)22)18-7-9-20(24-15-18)28-11-2-1-3-12-28;1-20(2,25)19-22-21-18-13-12-17(23-24(18)19)14-8-10-16(11-9-14)26-15-6-4-3-5-7-15;1-13-5-7-15(8-6-13)17-9-10-18-21-22-19(24(18)23-17)16-4-2-3-14(11-16)12-20;1-13(15,16)12-21-20-11-7-6-10(22-23(11)12)8-2-4-9(5-3-8)14(17,18)19/h1-15H,(H,26,27,30,31);4-10,13,15H,1-3,11-12H2;3-13,25H,1-2H3;2-11H,1H3;2-7H,1H3. The number of para-hydroxylation sites is 2. The quantitative estimate of drug-likeness (QED) is 0.0848. The molecular weight excluding hydrogens is 1720 g/mol. The van der Waals surface area contributed by atoms with Gasteiger partial charge in [-0.25, -0.2) is 4.98 Å². The van der Waals surface area contributed by atoms with Gasteiger partial charge >= 0.3 is 12.1 Å². The molecular formula is C99H75F5N28O3. The highest BCUT2D eigenvalue weighted by molar-refractivity contribution is 5.71. The Balaban J connectivity index is 0.000000113. The fourth-order valence-corrected chi connectivity index (χ4v) is 14.5. The molecule has 1 fully saturated rings. The van der Waals surface area contributed by atoms with Crippen LogP contribution in [0.5, 0.6) is 23.0 Å². The van der Waals surface area contributed by atoms with Crippen LogP contribution in [-0.2, 0) is 17.7 Å². The van der Waals surface area contributed by atoms with E-state index in [4.69, 9.17) is 30.2 Å². The number of pyridine rings is 1. The Morgan fingerprint density at radius 2 is 0.733 bits per heavy atom. The van der Waals surface area contributed by atoms with Crippen molar-refractivity contribution >= 4 is 34.1 Å². The van der Waals surface area contributed by atoms with E-state index in [1.807, 2.05) is 225 Å². The van der Waals surface area contributed by atoms with E-state index in [1.165, 1.54) is 49.1 Å². The number of aromatic nitrogens is 25. The van der Waals surface area contributed by atoms with Crippen molar-refractivity contribution in [3.8, 4) is 137 Å². The topological polar surface area (TPSA) is 372 Å². The van der Waals surface area contributed by atoms with Crippen LogP contribution in [-0.4, -0.2) is 143 Å². The molecule has 0 saturated carbocycles. The summed E-state index contributed by atoms with van der Waals surface area (Å²) in [6.45, 7) is 8.18. The van der Waals surface area contributed by atoms with Crippen LogP contribution in [0.1, 0.15) is 73.9 Å². The van der Waals surface area contributed by atoms with Crippen molar-refractivity contribution in [3.63, 3.8) is 0 Å². The number of fused-ring (bicyclic) bond motifs is 5. The summed E-state index contributed by atoms with van der Waals surface area (Å²) in [5.41, 5.74) is 14.2. The Morgan fingerprint density at radius 3 is 1.15 bits per heavy atom. The molecule has 21 aromatic rings. The number of nitrogens with zero attached hydrogens (tertiary/aromatic N) is 27. The van der Waals surface area contributed by atoms with E-state index in [-0.39, 0.29) is 11.3 Å². The predicted molar refractivity (Wildman–Crippen MR) is 491 cm³/mol. The van der Waals surface area contributed by atoms with E-state index < -0.39 is 29.1 Å². The number of hydrogen-bond donors (Lipinski definition) is 2. The maximum atomic E-state index is 13.4. The zero-order valence-corrected chi connectivity index (χ0v) is 72.2. The number of rotatable bonds is 16. The van der Waals surface area contributed by atoms with Crippen LogP contribution in [0.3, 0.4) is 0 Å². The molecule has 12 aromatic heterocycles. The van der Waals surface area contributed by atoms with Crippen molar-refractivity contribution in [2.75, 3.05) is 18.0 Å². The number of anilines is 1. The number of aryl methyl sites for hydroxylation is 1. The lowest BCUT2D eigenvalue weighted by atomic mass is 10.1. The van der Waals surface area contributed by atoms with Crippen molar-refractivity contribution in [1.82, 2.24) is 125 Å². The second-order valence-corrected chi connectivity index (χ2v) is 31.5. The minimum atomic E-state index is -4.44. The predicted octanol–water partition coefficient (Wildman–Crippen LogP) is 19.5. The summed E-state index contributed by atoms with van der Waals surface area (Å²) in [6.07, 6.45) is 1.19. The fourth-order valence-electron chi connectivity index (χ4n) is 14.5. The highest BCUT2D eigenvalue weighted by atomic mass is 19.4. The first-order chi connectivity index (χ1) is 65.6. The first-order valence-corrected chi connectivity index (χ1v) is 42.3. The molecule has 1 aliphatic heterocycles. The number of hydrogen-bond acceptors (Lipinski definition) is 25. The molecule has 0 atom stereocenters. The van der Waals surface area contributed by atoms with Crippen LogP contribution < -0.4 is 14.4 Å². The maximum Gasteiger partial charge on any atom is 0.416 e. The van der Waals surface area contributed by atoms with E-state index in [2.05, 4.69) is 140 Å². The summed E-state index contributed by atoms with van der Waals surface area (Å²) in [5, 5.41) is 106. The minimum Gasteiger partial charge on any atom is -0.457 e. The van der Waals surface area contributed by atoms with Gasteiger partial charge in [-0.15, -0.1) is 61.2 Å². The van der Waals surface area contributed by atoms with Gasteiger partial charge in [0.25, 0.3) is 0 Å². The molecule has 1 aliphatic rings. The number of halogens is 5. The average Bonchev–Trinajstić information content (AvgIpc) is 1.68.